The van der Waals surface area contributed by atoms with Gasteiger partial charge in [-0.2, -0.15) is 0 Å². The van der Waals surface area contributed by atoms with Gasteiger partial charge in [0.05, 0.1) is 16.7 Å². The summed E-state index contributed by atoms with van der Waals surface area (Å²) in [5.74, 6) is 0. The fraction of sp³-hybridized carbons (Fsp3) is 0. The molecule has 10 rings (SSSR count). The Hall–Kier alpha value is -6.90. The van der Waals surface area contributed by atoms with Crippen molar-refractivity contribution in [2.75, 3.05) is 4.90 Å². The number of aromatic nitrogens is 1. The summed E-state index contributed by atoms with van der Waals surface area (Å²) in [7, 11) is 0. The maximum absolute atomic E-state index is 2.41. The number of hydrogen-bond acceptors (Lipinski definition) is 1. The van der Waals surface area contributed by atoms with Crippen molar-refractivity contribution >= 4 is 60.4 Å². The molecule has 0 saturated heterocycles. The third-order valence-electron chi connectivity index (χ3n) is 10.4. The first kappa shape index (κ1) is 30.0. The Balaban J connectivity index is 1.11. The maximum Gasteiger partial charge on any atom is 0.0541 e. The Bertz CT molecular complexity index is 2830. The lowest BCUT2D eigenvalue weighted by Gasteiger charge is -2.26. The Labute approximate surface area is 303 Å². The topological polar surface area (TPSA) is 8.17 Å². The van der Waals surface area contributed by atoms with Crippen LogP contribution in [0.25, 0.3) is 71.3 Å². The first-order valence-corrected chi connectivity index (χ1v) is 17.9. The summed E-state index contributed by atoms with van der Waals surface area (Å²) in [6.45, 7) is 0. The van der Waals surface area contributed by atoms with Crippen molar-refractivity contribution in [1.29, 1.82) is 0 Å². The summed E-state index contributed by atoms with van der Waals surface area (Å²) in [5, 5.41) is 7.52. The lowest BCUT2D eigenvalue weighted by Crippen LogP contribution is -2.10. The van der Waals surface area contributed by atoms with Crippen molar-refractivity contribution in [3.05, 3.63) is 206 Å². The van der Waals surface area contributed by atoms with Gasteiger partial charge in [-0.15, -0.1) is 0 Å². The van der Waals surface area contributed by atoms with E-state index in [0.29, 0.717) is 0 Å². The number of para-hydroxylation sites is 3. The molecule has 10 aromatic rings. The van der Waals surface area contributed by atoms with Gasteiger partial charge < -0.3 is 9.47 Å². The highest BCUT2D eigenvalue weighted by atomic mass is 15.1. The van der Waals surface area contributed by atoms with Crippen LogP contribution in [-0.2, 0) is 0 Å². The fourth-order valence-corrected chi connectivity index (χ4v) is 7.89. The largest absolute Gasteiger partial charge is 0.310 e. The van der Waals surface area contributed by atoms with Crippen LogP contribution in [0.1, 0.15) is 0 Å². The molecular formula is C50H34N2. The molecule has 52 heavy (non-hydrogen) atoms. The molecule has 0 atom stereocenters. The number of hydrogen-bond donors (Lipinski definition) is 0. The third-order valence-corrected chi connectivity index (χ3v) is 10.4. The standard InChI is InChI=1S/C50H34N2/c1-2-12-35(13-3-1)36-24-29-40(30-25-36)51(42-33-28-39-23-22-37-14-4-5-15-43(37)47(39)34-42)41-31-26-38(27-32-41)44-16-6-9-19-48(44)52-49-20-10-7-17-45(49)46-18-8-11-21-50(46)52/h1-34H. The molecule has 9 aromatic carbocycles. The smallest absolute Gasteiger partial charge is 0.0541 e. The van der Waals surface area contributed by atoms with Crippen LogP contribution < -0.4 is 4.90 Å². The zero-order chi connectivity index (χ0) is 34.4. The van der Waals surface area contributed by atoms with E-state index < -0.39 is 0 Å². The molecule has 0 aliphatic carbocycles. The normalized spacial score (nSPS) is 11.5. The first-order valence-electron chi connectivity index (χ1n) is 17.9. The van der Waals surface area contributed by atoms with Crippen LogP contribution in [0.4, 0.5) is 17.1 Å². The highest BCUT2D eigenvalue weighted by molar-refractivity contribution is 6.10. The number of benzene rings is 9. The molecule has 1 heterocycles. The SMILES string of the molecule is c1ccc(-c2ccc(N(c3ccc(-c4ccccc4-n4c5ccccc5c5ccccc54)cc3)c3ccc4ccc5ccccc5c4c3)cc2)cc1. The lowest BCUT2D eigenvalue weighted by atomic mass is 10.00. The third kappa shape index (κ3) is 5.04. The summed E-state index contributed by atoms with van der Waals surface area (Å²) in [4.78, 5) is 2.37. The molecule has 0 fully saturated rings. The van der Waals surface area contributed by atoms with Gasteiger partial charge in [-0.1, -0.05) is 152 Å². The van der Waals surface area contributed by atoms with Crippen LogP contribution in [0, 0.1) is 0 Å². The minimum absolute atomic E-state index is 1.10. The van der Waals surface area contributed by atoms with Crippen LogP contribution in [0.2, 0.25) is 0 Å². The van der Waals surface area contributed by atoms with Crippen LogP contribution in [0.3, 0.4) is 0 Å². The van der Waals surface area contributed by atoms with Gasteiger partial charge in [-0.25, -0.2) is 0 Å². The predicted octanol–water partition coefficient (Wildman–Crippen LogP) is 13.9. The molecule has 0 N–H and O–H groups in total. The van der Waals surface area contributed by atoms with Crippen molar-refractivity contribution in [2.24, 2.45) is 0 Å². The van der Waals surface area contributed by atoms with Gasteiger partial charge >= 0.3 is 0 Å². The van der Waals surface area contributed by atoms with E-state index in [2.05, 4.69) is 216 Å². The number of nitrogens with zero attached hydrogens (tertiary/aromatic N) is 2. The number of rotatable bonds is 6. The Kier molecular flexibility index (Phi) is 7.18. The summed E-state index contributed by atoms with van der Waals surface area (Å²) in [6, 6.07) is 74.7. The molecule has 244 valence electrons. The van der Waals surface area contributed by atoms with Crippen LogP contribution in [0.5, 0.6) is 0 Å². The monoisotopic (exact) mass is 662 g/mol. The summed E-state index contributed by atoms with van der Waals surface area (Å²) in [6.07, 6.45) is 0. The van der Waals surface area contributed by atoms with Crippen molar-refractivity contribution in [3.63, 3.8) is 0 Å². The predicted molar refractivity (Wildman–Crippen MR) is 221 cm³/mol. The van der Waals surface area contributed by atoms with Crippen molar-refractivity contribution < 1.29 is 0 Å². The second kappa shape index (κ2) is 12.5. The van der Waals surface area contributed by atoms with Crippen LogP contribution in [-0.4, -0.2) is 4.57 Å². The quantitative estimate of drug-likeness (QED) is 0.161. The molecule has 0 spiro atoms. The van der Waals surface area contributed by atoms with E-state index >= 15 is 0 Å². The highest BCUT2D eigenvalue weighted by Crippen LogP contribution is 2.41. The zero-order valence-electron chi connectivity index (χ0n) is 28.5. The molecule has 0 saturated carbocycles. The van der Waals surface area contributed by atoms with E-state index in [1.165, 1.54) is 71.3 Å². The van der Waals surface area contributed by atoms with Crippen molar-refractivity contribution in [2.45, 2.75) is 0 Å². The van der Waals surface area contributed by atoms with Crippen molar-refractivity contribution in [1.82, 2.24) is 4.57 Å². The van der Waals surface area contributed by atoms with Gasteiger partial charge in [0.2, 0.25) is 0 Å². The van der Waals surface area contributed by atoms with Gasteiger partial charge in [-0.05, 0) is 92.8 Å². The van der Waals surface area contributed by atoms with Gasteiger partial charge in [0.25, 0.3) is 0 Å². The van der Waals surface area contributed by atoms with Crippen molar-refractivity contribution in [3.8, 4) is 27.9 Å². The maximum atomic E-state index is 2.41. The molecule has 0 bridgehead atoms. The summed E-state index contributed by atoms with van der Waals surface area (Å²) < 4.78 is 2.41. The van der Waals surface area contributed by atoms with Gasteiger partial charge in [0, 0.05) is 33.4 Å². The van der Waals surface area contributed by atoms with Gasteiger partial charge in [0.1, 0.15) is 0 Å². The Morgan fingerprint density at radius 2 is 0.788 bits per heavy atom. The molecular weight excluding hydrogens is 629 g/mol. The zero-order valence-corrected chi connectivity index (χ0v) is 28.5. The highest BCUT2D eigenvalue weighted by Gasteiger charge is 2.17. The molecule has 0 unspecified atom stereocenters. The van der Waals surface area contributed by atoms with E-state index in [-0.39, 0.29) is 0 Å². The average molecular weight is 663 g/mol. The van der Waals surface area contributed by atoms with E-state index in [1.807, 2.05) is 0 Å². The second-order valence-electron chi connectivity index (χ2n) is 13.4. The minimum atomic E-state index is 1.10. The summed E-state index contributed by atoms with van der Waals surface area (Å²) >= 11 is 0. The average Bonchev–Trinajstić information content (AvgIpc) is 3.56. The Morgan fingerprint density at radius 3 is 1.48 bits per heavy atom. The minimum Gasteiger partial charge on any atom is -0.310 e. The molecule has 2 heteroatoms. The van der Waals surface area contributed by atoms with Crippen LogP contribution in [0.15, 0.2) is 206 Å². The van der Waals surface area contributed by atoms with E-state index in [4.69, 9.17) is 0 Å². The molecule has 0 aliphatic rings. The molecule has 0 amide bonds. The lowest BCUT2D eigenvalue weighted by molar-refractivity contribution is 1.18. The van der Waals surface area contributed by atoms with E-state index in [0.717, 1.165) is 17.1 Å². The fourth-order valence-electron chi connectivity index (χ4n) is 7.89. The first-order chi connectivity index (χ1) is 25.8. The van der Waals surface area contributed by atoms with Gasteiger partial charge in [-0.3, -0.25) is 0 Å². The van der Waals surface area contributed by atoms with E-state index in [9.17, 15) is 0 Å². The van der Waals surface area contributed by atoms with E-state index in [1.54, 1.807) is 0 Å². The molecule has 1 aromatic heterocycles. The molecule has 0 aliphatic heterocycles. The second-order valence-corrected chi connectivity index (χ2v) is 13.4. The molecule has 2 nitrogen and oxygen atoms in total. The Morgan fingerprint density at radius 1 is 0.308 bits per heavy atom. The number of anilines is 3. The number of fused-ring (bicyclic) bond motifs is 6. The van der Waals surface area contributed by atoms with Gasteiger partial charge in [0.15, 0.2) is 0 Å². The van der Waals surface area contributed by atoms with Crippen LogP contribution >= 0.6 is 0 Å². The summed E-state index contributed by atoms with van der Waals surface area (Å²) in [5.41, 5.74) is 11.7. The molecule has 0 radical (unpaired) electrons.